The molecular weight excluding hydrogens is 503 g/mol. The van der Waals surface area contributed by atoms with Gasteiger partial charge in [-0.15, -0.1) is 0 Å². The van der Waals surface area contributed by atoms with Gasteiger partial charge >= 0.3 is 183 Å². The number of hydrogen-bond donors (Lipinski definition) is 1. The van der Waals surface area contributed by atoms with E-state index < -0.39 is 19.2 Å². The summed E-state index contributed by atoms with van der Waals surface area (Å²) < 4.78 is 23.8. The summed E-state index contributed by atoms with van der Waals surface area (Å²) in [7, 11) is 0. The minimum absolute atomic E-state index is 0.102. The Hall–Kier alpha value is -2.53. The van der Waals surface area contributed by atoms with Crippen molar-refractivity contribution < 1.29 is 10.9 Å². The standard InChI is InChI=1S/C10H10N4O4.2C6H5.Sn/c15-2-6-5(16)1-7(18-6)14-4-13-8-9(14)11-3-12-10(8)17;2*1-2-4-6-5-3-1;/h3-7H,1-2H2,(H,11,12,17);2*1-5H;/q-2;;;+2/t5-,6-,7+;;;/m1.../s1. The number of fused-ring (bicyclic) bond motifs is 2. The Labute approximate surface area is 182 Å². The number of aromatic amines is 1. The van der Waals surface area contributed by atoms with Gasteiger partial charge in [0.2, 0.25) is 0 Å². The summed E-state index contributed by atoms with van der Waals surface area (Å²) in [6.07, 6.45) is 3.05. The van der Waals surface area contributed by atoms with Gasteiger partial charge in [0, 0.05) is 0 Å². The summed E-state index contributed by atoms with van der Waals surface area (Å²) in [6.45, 7) is 0.474. The summed E-state index contributed by atoms with van der Waals surface area (Å²) in [5.74, 6) is 0. The topological polar surface area (TPSA) is 91.3 Å². The van der Waals surface area contributed by atoms with E-state index in [2.05, 4.69) is 39.2 Å². The summed E-state index contributed by atoms with van der Waals surface area (Å²) in [6, 6.07) is 20.6. The number of benzene rings is 2. The molecule has 4 aromatic rings. The van der Waals surface area contributed by atoms with Crippen LogP contribution in [-0.2, 0) is 10.9 Å². The van der Waals surface area contributed by atoms with Gasteiger partial charge < -0.3 is 0 Å². The Morgan fingerprint density at radius 2 is 1.68 bits per heavy atom. The first-order valence-corrected chi connectivity index (χ1v) is 15.4. The second kappa shape index (κ2) is 7.56. The molecule has 156 valence electrons. The maximum atomic E-state index is 12.0. The summed E-state index contributed by atoms with van der Waals surface area (Å²) >= 11 is -3.83. The zero-order valence-corrected chi connectivity index (χ0v) is 19.4. The maximum absolute atomic E-state index is 12.0. The van der Waals surface area contributed by atoms with E-state index in [0.29, 0.717) is 24.2 Å². The summed E-state index contributed by atoms with van der Waals surface area (Å²) in [5.41, 5.74) is 0.552. The van der Waals surface area contributed by atoms with Crippen molar-refractivity contribution in [1.29, 1.82) is 0 Å². The number of H-pyrrole nitrogens is 1. The van der Waals surface area contributed by atoms with E-state index in [1.165, 1.54) is 6.33 Å². The van der Waals surface area contributed by atoms with E-state index >= 15 is 0 Å². The Morgan fingerprint density at radius 3 is 2.39 bits per heavy atom. The van der Waals surface area contributed by atoms with Crippen LogP contribution in [0.15, 0.2) is 78.1 Å². The molecule has 2 fully saturated rings. The molecule has 6 rings (SSSR count). The molecule has 2 aromatic heterocycles. The van der Waals surface area contributed by atoms with E-state index in [-0.39, 0.29) is 24.0 Å². The molecule has 1 N–H and O–H groups in total. The van der Waals surface area contributed by atoms with Gasteiger partial charge in [-0.2, -0.15) is 0 Å². The normalized spacial score (nSPS) is 24.8. The number of ether oxygens (including phenoxy) is 1. The molecule has 0 aliphatic carbocycles. The molecule has 4 heterocycles. The van der Waals surface area contributed by atoms with Gasteiger partial charge in [0.25, 0.3) is 0 Å². The number of nitrogens with one attached hydrogen (secondary N) is 1. The molecule has 8 nitrogen and oxygen atoms in total. The average Bonchev–Trinajstić information content (AvgIpc) is 3.44. The van der Waals surface area contributed by atoms with Crippen LogP contribution in [0.2, 0.25) is 0 Å². The van der Waals surface area contributed by atoms with E-state index in [1.54, 1.807) is 6.33 Å². The molecule has 0 radical (unpaired) electrons. The van der Waals surface area contributed by atoms with Gasteiger partial charge in [-0.25, -0.2) is 0 Å². The van der Waals surface area contributed by atoms with Crippen molar-refractivity contribution in [1.82, 2.24) is 19.5 Å². The predicted molar refractivity (Wildman–Crippen MR) is 115 cm³/mol. The van der Waals surface area contributed by atoms with E-state index in [4.69, 9.17) is 10.9 Å². The second-order valence-corrected chi connectivity index (χ2v) is 16.0. The van der Waals surface area contributed by atoms with Crippen LogP contribution in [0.4, 0.5) is 0 Å². The molecule has 9 heteroatoms. The fourth-order valence-electron chi connectivity index (χ4n) is 4.45. The third kappa shape index (κ3) is 3.13. The Balaban J connectivity index is 1.36. The van der Waals surface area contributed by atoms with Gasteiger partial charge in [-0.05, 0) is 0 Å². The van der Waals surface area contributed by atoms with Crippen LogP contribution in [0, 0.1) is 0 Å². The Morgan fingerprint density at radius 1 is 0.968 bits per heavy atom. The molecule has 2 saturated heterocycles. The van der Waals surface area contributed by atoms with E-state index in [0.717, 1.165) is 7.16 Å². The van der Waals surface area contributed by atoms with Crippen LogP contribution < -0.4 is 12.7 Å². The van der Waals surface area contributed by atoms with Crippen LogP contribution >= 0.6 is 0 Å². The number of rotatable bonds is 3. The zero-order chi connectivity index (χ0) is 20.8. The quantitative estimate of drug-likeness (QED) is 0.405. The first-order chi connectivity index (χ1) is 15.2. The minimum atomic E-state index is -3.83. The van der Waals surface area contributed by atoms with Crippen molar-refractivity contribution in [2.75, 3.05) is 6.61 Å². The number of nitrogens with zero attached hydrogens (tertiary/aromatic N) is 3. The average molecular weight is 523 g/mol. The van der Waals surface area contributed by atoms with Crippen molar-refractivity contribution >= 4 is 37.5 Å². The van der Waals surface area contributed by atoms with Gasteiger partial charge in [0.15, 0.2) is 0 Å². The van der Waals surface area contributed by atoms with E-state index in [9.17, 15) is 4.79 Å². The van der Waals surface area contributed by atoms with E-state index in [1.807, 2.05) is 41.0 Å². The van der Waals surface area contributed by atoms with Gasteiger partial charge in [-0.3, -0.25) is 0 Å². The Kier molecular flexibility index (Phi) is 4.67. The predicted octanol–water partition coefficient (Wildman–Crippen LogP) is 1.08. The first kappa shape index (κ1) is 19.2. The SMILES string of the molecule is O=c1[nH]cnc2c1ncn2[C@@H]1C[C@H]2[O][Sn]([c]3ccccc3)([c]3ccccc3)[O]C[C@H]2O1. The molecule has 0 amide bonds. The molecule has 0 unspecified atom stereocenters. The Bertz CT molecular complexity index is 1240. The van der Waals surface area contributed by atoms with Crippen molar-refractivity contribution in [3.63, 3.8) is 0 Å². The fourth-order valence-corrected chi connectivity index (χ4v) is 14.0. The van der Waals surface area contributed by atoms with Crippen molar-refractivity contribution in [2.24, 2.45) is 0 Å². The van der Waals surface area contributed by atoms with Crippen LogP contribution in [0.1, 0.15) is 12.6 Å². The molecule has 2 aliphatic rings. The van der Waals surface area contributed by atoms with Crippen LogP contribution in [0.5, 0.6) is 0 Å². The number of aromatic nitrogens is 4. The molecular formula is C22H20N4O4Sn. The zero-order valence-electron chi connectivity index (χ0n) is 16.5. The van der Waals surface area contributed by atoms with Crippen LogP contribution in [0.25, 0.3) is 11.2 Å². The van der Waals surface area contributed by atoms with Crippen molar-refractivity contribution in [3.05, 3.63) is 83.7 Å². The van der Waals surface area contributed by atoms with Gasteiger partial charge in [-0.1, -0.05) is 0 Å². The van der Waals surface area contributed by atoms with Crippen molar-refractivity contribution in [2.45, 2.75) is 24.9 Å². The summed E-state index contributed by atoms with van der Waals surface area (Å²) in [4.78, 5) is 23.1. The second-order valence-electron chi connectivity index (χ2n) is 7.74. The number of hydrogen-bond acceptors (Lipinski definition) is 6. The molecule has 3 atom stereocenters. The molecule has 0 bridgehead atoms. The molecule has 0 spiro atoms. The first-order valence-electron chi connectivity index (χ1n) is 10.2. The molecule has 31 heavy (non-hydrogen) atoms. The fraction of sp³-hybridized carbons (Fsp3) is 0.227. The molecule has 0 saturated carbocycles. The van der Waals surface area contributed by atoms with Crippen LogP contribution in [0.3, 0.4) is 0 Å². The molecule has 2 aliphatic heterocycles. The molecule has 2 aromatic carbocycles. The van der Waals surface area contributed by atoms with Gasteiger partial charge in [0.05, 0.1) is 0 Å². The summed E-state index contributed by atoms with van der Waals surface area (Å²) in [5, 5.41) is 0. The third-order valence-corrected chi connectivity index (χ3v) is 15.6. The van der Waals surface area contributed by atoms with Gasteiger partial charge in [0.1, 0.15) is 0 Å². The van der Waals surface area contributed by atoms with Crippen LogP contribution in [-0.4, -0.2) is 57.5 Å². The third-order valence-electron chi connectivity index (χ3n) is 5.93. The van der Waals surface area contributed by atoms with Crippen molar-refractivity contribution in [3.8, 4) is 0 Å². The monoisotopic (exact) mass is 524 g/mol. The number of imidazole rings is 1.